The SMILES string of the molecule is CC(C)Cc1ncc2c(n1)CN(C(=O)c1ccccc1N(C)C)C2. The fourth-order valence-electron chi connectivity index (χ4n) is 3.02. The molecule has 24 heavy (non-hydrogen) atoms. The molecule has 5 heteroatoms. The molecule has 0 atom stereocenters. The molecule has 3 rings (SSSR count). The van der Waals surface area contributed by atoms with Crippen molar-refractivity contribution in [1.82, 2.24) is 14.9 Å². The summed E-state index contributed by atoms with van der Waals surface area (Å²) in [5.41, 5.74) is 3.70. The van der Waals surface area contributed by atoms with Gasteiger partial charge in [-0.1, -0.05) is 26.0 Å². The first-order valence-corrected chi connectivity index (χ1v) is 8.35. The number of amides is 1. The number of rotatable bonds is 4. The molecule has 1 aliphatic rings. The minimum Gasteiger partial charge on any atom is -0.377 e. The summed E-state index contributed by atoms with van der Waals surface area (Å²) < 4.78 is 0. The molecule has 0 saturated carbocycles. The van der Waals surface area contributed by atoms with Crippen molar-refractivity contribution < 1.29 is 4.79 Å². The van der Waals surface area contributed by atoms with Gasteiger partial charge in [0.15, 0.2) is 0 Å². The largest absolute Gasteiger partial charge is 0.377 e. The zero-order chi connectivity index (χ0) is 17.3. The molecule has 1 aliphatic heterocycles. The van der Waals surface area contributed by atoms with E-state index in [0.717, 1.165) is 34.8 Å². The highest BCUT2D eigenvalue weighted by Gasteiger charge is 2.27. The Bertz CT molecular complexity index is 755. The lowest BCUT2D eigenvalue weighted by molar-refractivity contribution is 0.0751. The van der Waals surface area contributed by atoms with Crippen LogP contribution in [0, 0.1) is 5.92 Å². The average molecular weight is 324 g/mol. The number of benzene rings is 1. The van der Waals surface area contributed by atoms with E-state index in [-0.39, 0.29) is 5.91 Å². The molecule has 0 spiro atoms. The molecule has 2 heterocycles. The van der Waals surface area contributed by atoms with Crippen molar-refractivity contribution in [3.8, 4) is 0 Å². The quantitative estimate of drug-likeness (QED) is 0.868. The molecule has 0 fully saturated rings. The van der Waals surface area contributed by atoms with Gasteiger partial charge in [-0.25, -0.2) is 9.97 Å². The highest BCUT2D eigenvalue weighted by Crippen LogP contribution is 2.26. The van der Waals surface area contributed by atoms with Crippen LogP contribution < -0.4 is 4.90 Å². The molecule has 0 saturated heterocycles. The third-order valence-corrected chi connectivity index (χ3v) is 4.20. The number of carbonyl (C=O) groups is 1. The normalized spacial score (nSPS) is 13.3. The topological polar surface area (TPSA) is 49.3 Å². The summed E-state index contributed by atoms with van der Waals surface area (Å²) in [6.07, 6.45) is 2.75. The summed E-state index contributed by atoms with van der Waals surface area (Å²) in [6.45, 7) is 5.45. The summed E-state index contributed by atoms with van der Waals surface area (Å²) in [5.74, 6) is 1.43. The van der Waals surface area contributed by atoms with Crippen LogP contribution in [-0.4, -0.2) is 34.9 Å². The van der Waals surface area contributed by atoms with E-state index in [2.05, 4.69) is 23.8 Å². The van der Waals surface area contributed by atoms with Gasteiger partial charge in [0.1, 0.15) is 5.82 Å². The second kappa shape index (κ2) is 6.59. The summed E-state index contributed by atoms with van der Waals surface area (Å²) in [4.78, 5) is 25.9. The van der Waals surface area contributed by atoms with Gasteiger partial charge >= 0.3 is 0 Å². The van der Waals surface area contributed by atoms with Gasteiger partial charge in [-0.2, -0.15) is 0 Å². The van der Waals surface area contributed by atoms with Crippen LogP contribution in [0.4, 0.5) is 5.69 Å². The molecule has 0 radical (unpaired) electrons. The van der Waals surface area contributed by atoms with Crippen LogP contribution in [0.2, 0.25) is 0 Å². The zero-order valence-corrected chi connectivity index (χ0v) is 14.8. The van der Waals surface area contributed by atoms with Gasteiger partial charge in [-0.3, -0.25) is 4.79 Å². The molecule has 1 aromatic heterocycles. The second-order valence-electron chi connectivity index (χ2n) is 6.93. The number of hydrogen-bond acceptors (Lipinski definition) is 4. The monoisotopic (exact) mass is 324 g/mol. The Balaban J connectivity index is 1.81. The minimum absolute atomic E-state index is 0.0442. The Morgan fingerprint density at radius 2 is 2.00 bits per heavy atom. The van der Waals surface area contributed by atoms with Crippen molar-refractivity contribution in [1.29, 1.82) is 0 Å². The van der Waals surface area contributed by atoms with Gasteiger partial charge in [-0.15, -0.1) is 0 Å². The third-order valence-electron chi connectivity index (χ3n) is 4.20. The van der Waals surface area contributed by atoms with Crippen LogP contribution in [0.3, 0.4) is 0 Å². The van der Waals surface area contributed by atoms with E-state index in [4.69, 9.17) is 0 Å². The van der Waals surface area contributed by atoms with Crippen LogP contribution in [-0.2, 0) is 19.5 Å². The predicted molar refractivity (Wildman–Crippen MR) is 94.9 cm³/mol. The van der Waals surface area contributed by atoms with E-state index in [9.17, 15) is 4.79 Å². The fraction of sp³-hybridized carbons (Fsp3) is 0.421. The molecule has 126 valence electrons. The number of anilines is 1. The first kappa shape index (κ1) is 16.4. The number of aromatic nitrogens is 2. The van der Waals surface area contributed by atoms with Crippen LogP contribution in [0.5, 0.6) is 0 Å². The molecular weight excluding hydrogens is 300 g/mol. The molecule has 0 N–H and O–H groups in total. The minimum atomic E-state index is 0.0442. The van der Waals surface area contributed by atoms with Gasteiger partial charge in [0.25, 0.3) is 5.91 Å². The molecule has 2 aromatic rings. The number of hydrogen-bond donors (Lipinski definition) is 0. The maximum absolute atomic E-state index is 13.0. The number of para-hydroxylation sites is 1. The van der Waals surface area contributed by atoms with E-state index < -0.39 is 0 Å². The van der Waals surface area contributed by atoms with Crippen molar-refractivity contribution in [3.05, 3.63) is 53.1 Å². The second-order valence-corrected chi connectivity index (χ2v) is 6.93. The van der Waals surface area contributed by atoms with E-state index in [0.29, 0.717) is 19.0 Å². The first-order chi connectivity index (χ1) is 11.5. The zero-order valence-electron chi connectivity index (χ0n) is 14.8. The van der Waals surface area contributed by atoms with E-state index in [1.54, 1.807) is 0 Å². The van der Waals surface area contributed by atoms with Crippen molar-refractivity contribution >= 4 is 11.6 Å². The van der Waals surface area contributed by atoms with Gasteiger partial charge in [-0.05, 0) is 18.1 Å². The molecule has 0 bridgehead atoms. The lowest BCUT2D eigenvalue weighted by atomic mass is 10.1. The third kappa shape index (κ3) is 3.25. The Kier molecular flexibility index (Phi) is 4.51. The van der Waals surface area contributed by atoms with Crippen LogP contribution in [0.1, 0.15) is 41.3 Å². The van der Waals surface area contributed by atoms with Gasteiger partial charge in [0.05, 0.1) is 17.8 Å². The number of nitrogens with zero attached hydrogens (tertiary/aromatic N) is 4. The van der Waals surface area contributed by atoms with Gasteiger partial charge < -0.3 is 9.80 Å². The lowest BCUT2D eigenvalue weighted by Gasteiger charge is -2.21. The highest BCUT2D eigenvalue weighted by atomic mass is 16.2. The number of carbonyl (C=O) groups excluding carboxylic acids is 1. The van der Waals surface area contributed by atoms with Crippen molar-refractivity contribution in [2.75, 3.05) is 19.0 Å². The summed E-state index contributed by atoms with van der Waals surface area (Å²) >= 11 is 0. The Morgan fingerprint density at radius 3 is 2.71 bits per heavy atom. The van der Waals surface area contributed by atoms with E-state index >= 15 is 0 Å². The Labute approximate surface area is 143 Å². The maximum atomic E-state index is 13.0. The standard InChI is InChI=1S/C19H24N4O/c1-13(2)9-18-20-10-14-11-23(12-16(14)21-18)19(24)15-7-5-6-8-17(15)22(3)4/h5-8,10,13H,9,11-12H2,1-4H3. The van der Waals surface area contributed by atoms with E-state index in [1.807, 2.05) is 54.4 Å². The summed E-state index contributed by atoms with van der Waals surface area (Å²) in [6, 6.07) is 7.71. The molecule has 1 aromatic carbocycles. The Morgan fingerprint density at radius 1 is 1.25 bits per heavy atom. The predicted octanol–water partition coefficient (Wildman–Crippen LogP) is 2.90. The van der Waals surface area contributed by atoms with Crippen molar-refractivity contribution in [2.24, 2.45) is 5.92 Å². The lowest BCUT2D eigenvalue weighted by Crippen LogP contribution is -2.27. The van der Waals surface area contributed by atoms with Crippen molar-refractivity contribution in [3.63, 3.8) is 0 Å². The smallest absolute Gasteiger partial charge is 0.256 e. The molecule has 1 amide bonds. The number of fused-ring (bicyclic) bond motifs is 1. The molecular formula is C19H24N4O. The first-order valence-electron chi connectivity index (χ1n) is 8.35. The van der Waals surface area contributed by atoms with Crippen LogP contribution in [0.25, 0.3) is 0 Å². The Hall–Kier alpha value is -2.43. The van der Waals surface area contributed by atoms with Crippen LogP contribution >= 0.6 is 0 Å². The van der Waals surface area contributed by atoms with Crippen LogP contribution in [0.15, 0.2) is 30.5 Å². The molecule has 5 nitrogen and oxygen atoms in total. The van der Waals surface area contributed by atoms with Gasteiger partial charge in [0, 0.05) is 44.5 Å². The average Bonchev–Trinajstić information content (AvgIpc) is 2.96. The molecule has 0 unspecified atom stereocenters. The highest BCUT2D eigenvalue weighted by molar-refractivity contribution is 5.99. The van der Waals surface area contributed by atoms with Crippen molar-refractivity contribution in [2.45, 2.75) is 33.4 Å². The van der Waals surface area contributed by atoms with E-state index in [1.165, 1.54) is 0 Å². The summed E-state index contributed by atoms with van der Waals surface area (Å²) in [5, 5.41) is 0. The summed E-state index contributed by atoms with van der Waals surface area (Å²) in [7, 11) is 3.91. The molecule has 0 aliphatic carbocycles. The maximum Gasteiger partial charge on any atom is 0.256 e. The van der Waals surface area contributed by atoms with Gasteiger partial charge in [0.2, 0.25) is 0 Å². The fourth-order valence-corrected chi connectivity index (χ4v) is 3.02.